The van der Waals surface area contributed by atoms with Gasteiger partial charge in [-0.1, -0.05) is 13.8 Å². The molecule has 1 aliphatic rings. The zero-order valence-corrected chi connectivity index (χ0v) is 13.7. The smallest absolute Gasteiger partial charge is 0.241 e. The average molecular weight is 292 g/mol. The van der Waals surface area contributed by atoms with Crippen LogP contribution < -0.4 is 5.32 Å². The molecule has 0 unspecified atom stereocenters. The zero-order chi connectivity index (χ0) is 15.4. The fourth-order valence-corrected chi connectivity index (χ4v) is 3.35. The van der Waals surface area contributed by atoms with E-state index < -0.39 is 0 Å². The zero-order valence-electron chi connectivity index (χ0n) is 13.7. The van der Waals surface area contributed by atoms with Gasteiger partial charge in [0.2, 0.25) is 5.91 Å². The maximum Gasteiger partial charge on any atom is 0.241 e. The van der Waals surface area contributed by atoms with Crippen LogP contribution in [0.3, 0.4) is 0 Å². The van der Waals surface area contributed by atoms with Crippen LogP contribution in [0.4, 0.5) is 0 Å². The van der Waals surface area contributed by atoms with E-state index in [1.165, 1.54) is 6.42 Å². The minimum absolute atomic E-state index is 0.0410. The quantitative estimate of drug-likeness (QED) is 0.897. The monoisotopic (exact) mass is 292 g/mol. The molecule has 1 aliphatic heterocycles. The van der Waals surface area contributed by atoms with Crippen LogP contribution in [0.1, 0.15) is 31.7 Å². The summed E-state index contributed by atoms with van der Waals surface area (Å²) in [5.74, 6) is 1.57. The summed E-state index contributed by atoms with van der Waals surface area (Å²) in [5, 5.41) is 7.32. The summed E-state index contributed by atoms with van der Waals surface area (Å²) in [6.07, 6.45) is 1.32. The lowest BCUT2D eigenvalue weighted by Crippen LogP contribution is -2.43. The summed E-state index contributed by atoms with van der Waals surface area (Å²) in [7, 11) is 0. The summed E-state index contributed by atoms with van der Waals surface area (Å²) in [4.78, 5) is 14.4. The van der Waals surface area contributed by atoms with Crippen LogP contribution in [0.2, 0.25) is 0 Å². The van der Waals surface area contributed by atoms with Crippen LogP contribution in [0.25, 0.3) is 0 Å². The fourth-order valence-electron chi connectivity index (χ4n) is 3.35. The van der Waals surface area contributed by atoms with E-state index in [1.54, 1.807) is 4.68 Å². The lowest BCUT2D eigenvalue weighted by atomic mass is 9.92. The first-order valence-electron chi connectivity index (χ1n) is 7.94. The molecule has 0 aliphatic carbocycles. The number of aryl methyl sites for hydroxylation is 2. The van der Waals surface area contributed by atoms with Crippen molar-refractivity contribution in [1.29, 1.82) is 0 Å². The minimum atomic E-state index is 0.0410. The largest absolute Gasteiger partial charge is 0.353 e. The molecule has 1 aromatic rings. The fraction of sp³-hybridized carbons (Fsp3) is 0.750. The molecule has 5 heteroatoms. The number of rotatable bonds is 5. The molecule has 1 saturated heterocycles. The second-order valence-electron chi connectivity index (χ2n) is 6.64. The van der Waals surface area contributed by atoms with Gasteiger partial charge in [-0.25, -0.2) is 0 Å². The van der Waals surface area contributed by atoms with E-state index in [-0.39, 0.29) is 5.91 Å². The summed E-state index contributed by atoms with van der Waals surface area (Å²) >= 11 is 0. The number of hydrogen-bond donors (Lipinski definition) is 1. The van der Waals surface area contributed by atoms with Crippen LogP contribution in [0.15, 0.2) is 6.07 Å². The Balaban J connectivity index is 1.71. The van der Waals surface area contributed by atoms with E-state index in [0.717, 1.165) is 49.4 Å². The SMILES string of the molecule is Cc1cc(C)n(CC(=O)NCCN2C[C@H](C)C[C@H](C)C2)n1. The van der Waals surface area contributed by atoms with Crippen molar-refractivity contribution in [1.82, 2.24) is 20.0 Å². The van der Waals surface area contributed by atoms with Crippen molar-refractivity contribution in [3.63, 3.8) is 0 Å². The van der Waals surface area contributed by atoms with Gasteiger partial charge in [0.1, 0.15) is 6.54 Å². The summed E-state index contributed by atoms with van der Waals surface area (Å²) < 4.78 is 1.76. The maximum atomic E-state index is 12.0. The van der Waals surface area contributed by atoms with Gasteiger partial charge in [-0.15, -0.1) is 0 Å². The van der Waals surface area contributed by atoms with Gasteiger partial charge in [0, 0.05) is 31.9 Å². The molecule has 1 aromatic heterocycles. The lowest BCUT2D eigenvalue weighted by molar-refractivity contribution is -0.121. The summed E-state index contributed by atoms with van der Waals surface area (Å²) in [5.41, 5.74) is 1.98. The number of carbonyl (C=O) groups is 1. The Morgan fingerprint density at radius 2 is 2.00 bits per heavy atom. The topological polar surface area (TPSA) is 50.2 Å². The van der Waals surface area contributed by atoms with Gasteiger partial charge in [0.15, 0.2) is 0 Å². The second-order valence-corrected chi connectivity index (χ2v) is 6.64. The van der Waals surface area contributed by atoms with Crippen molar-refractivity contribution in [2.24, 2.45) is 11.8 Å². The number of aromatic nitrogens is 2. The van der Waals surface area contributed by atoms with Crippen molar-refractivity contribution in [2.75, 3.05) is 26.2 Å². The summed E-state index contributed by atoms with van der Waals surface area (Å²) in [6.45, 7) is 12.8. The maximum absolute atomic E-state index is 12.0. The van der Waals surface area contributed by atoms with Crippen LogP contribution in [0.5, 0.6) is 0 Å². The van der Waals surface area contributed by atoms with Crippen LogP contribution in [-0.2, 0) is 11.3 Å². The molecule has 0 aromatic carbocycles. The van der Waals surface area contributed by atoms with E-state index >= 15 is 0 Å². The molecule has 21 heavy (non-hydrogen) atoms. The van der Waals surface area contributed by atoms with Crippen molar-refractivity contribution in [2.45, 2.75) is 40.7 Å². The van der Waals surface area contributed by atoms with E-state index in [4.69, 9.17) is 0 Å². The summed E-state index contributed by atoms with van der Waals surface area (Å²) in [6, 6.07) is 1.99. The van der Waals surface area contributed by atoms with Crippen molar-refractivity contribution in [3.8, 4) is 0 Å². The molecule has 1 N–H and O–H groups in total. The first-order chi connectivity index (χ1) is 9.94. The minimum Gasteiger partial charge on any atom is -0.353 e. The van der Waals surface area contributed by atoms with Gasteiger partial charge in [-0.2, -0.15) is 5.10 Å². The normalized spacial score (nSPS) is 23.2. The highest BCUT2D eigenvalue weighted by atomic mass is 16.2. The van der Waals surface area contributed by atoms with Gasteiger partial charge >= 0.3 is 0 Å². The Labute approximate surface area is 127 Å². The van der Waals surface area contributed by atoms with Gasteiger partial charge in [0.05, 0.1) is 5.69 Å². The molecular formula is C16H28N4O. The van der Waals surface area contributed by atoms with Gasteiger partial charge in [-0.3, -0.25) is 9.48 Å². The molecule has 0 radical (unpaired) electrons. The average Bonchev–Trinajstić information content (AvgIpc) is 2.66. The Hall–Kier alpha value is -1.36. The van der Waals surface area contributed by atoms with Crippen molar-refractivity contribution in [3.05, 3.63) is 17.5 Å². The van der Waals surface area contributed by atoms with Crippen LogP contribution in [0, 0.1) is 25.7 Å². The number of nitrogens with one attached hydrogen (secondary N) is 1. The highest BCUT2D eigenvalue weighted by Gasteiger charge is 2.21. The molecule has 0 spiro atoms. The predicted molar refractivity (Wildman–Crippen MR) is 84.1 cm³/mol. The molecule has 0 bridgehead atoms. The number of likely N-dealkylation sites (tertiary alicyclic amines) is 1. The molecule has 2 atom stereocenters. The highest BCUT2D eigenvalue weighted by molar-refractivity contribution is 5.75. The van der Waals surface area contributed by atoms with Crippen LogP contribution in [-0.4, -0.2) is 46.8 Å². The van der Waals surface area contributed by atoms with E-state index in [2.05, 4.69) is 29.2 Å². The Morgan fingerprint density at radius 1 is 1.33 bits per heavy atom. The first kappa shape index (κ1) is 16.0. The van der Waals surface area contributed by atoms with Crippen molar-refractivity contribution < 1.29 is 4.79 Å². The second kappa shape index (κ2) is 7.07. The number of amides is 1. The highest BCUT2D eigenvalue weighted by Crippen LogP contribution is 2.20. The van der Waals surface area contributed by atoms with E-state index in [0.29, 0.717) is 6.54 Å². The lowest BCUT2D eigenvalue weighted by Gasteiger charge is -2.34. The Kier molecular flexibility index (Phi) is 5.39. The molecule has 2 heterocycles. The van der Waals surface area contributed by atoms with Gasteiger partial charge < -0.3 is 10.2 Å². The number of carbonyl (C=O) groups excluding carboxylic acids is 1. The predicted octanol–water partition coefficient (Wildman–Crippen LogP) is 1.59. The molecular weight excluding hydrogens is 264 g/mol. The number of piperidine rings is 1. The molecule has 5 nitrogen and oxygen atoms in total. The van der Waals surface area contributed by atoms with Gasteiger partial charge in [-0.05, 0) is 38.2 Å². The molecule has 118 valence electrons. The Morgan fingerprint density at radius 3 is 2.57 bits per heavy atom. The third-order valence-corrected chi connectivity index (χ3v) is 4.09. The van der Waals surface area contributed by atoms with E-state index in [9.17, 15) is 4.79 Å². The van der Waals surface area contributed by atoms with Gasteiger partial charge in [0.25, 0.3) is 0 Å². The first-order valence-corrected chi connectivity index (χ1v) is 7.94. The third-order valence-electron chi connectivity index (χ3n) is 4.09. The Bertz CT molecular complexity index is 473. The number of nitrogens with zero attached hydrogens (tertiary/aromatic N) is 3. The van der Waals surface area contributed by atoms with Crippen molar-refractivity contribution >= 4 is 5.91 Å². The third kappa shape index (κ3) is 4.84. The van der Waals surface area contributed by atoms with Crippen LogP contribution >= 0.6 is 0 Å². The standard InChI is InChI=1S/C16H28N4O/c1-12-7-13(2)10-19(9-12)6-5-17-16(21)11-20-15(4)8-14(3)18-20/h8,12-13H,5-7,9-11H2,1-4H3,(H,17,21)/t12-,13+. The molecule has 1 amide bonds. The molecule has 1 fully saturated rings. The molecule has 2 rings (SSSR count). The van der Waals surface area contributed by atoms with E-state index in [1.807, 2.05) is 19.9 Å². The number of hydrogen-bond acceptors (Lipinski definition) is 3. The molecule has 0 saturated carbocycles.